The van der Waals surface area contributed by atoms with Gasteiger partial charge in [0.05, 0.1) is 10.6 Å². The van der Waals surface area contributed by atoms with Gasteiger partial charge in [-0.3, -0.25) is 0 Å². The zero-order chi connectivity index (χ0) is 11.3. The number of aromatic carboxylic acids is 1. The Morgan fingerprint density at radius 1 is 1.40 bits per heavy atom. The molecule has 0 aliphatic heterocycles. The van der Waals surface area contributed by atoms with Crippen LogP contribution in [0, 0.1) is 0 Å². The van der Waals surface area contributed by atoms with E-state index in [-0.39, 0.29) is 5.56 Å². The molecule has 0 amide bonds. The van der Waals surface area contributed by atoms with E-state index in [4.69, 9.17) is 16.7 Å². The first-order chi connectivity index (χ1) is 7.16. The summed E-state index contributed by atoms with van der Waals surface area (Å²) in [5.74, 6) is -0.961. The monoisotopic (exact) mass is 226 g/mol. The highest BCUT2D eigenvalue weighted by Gasteiger charge is 2.11. The van der Waals surface area contributed by atoms with Crippen molar-refractivity contribution in [3.63, 3.8) is 0 Å². The van der Waals surface area contributed by atoms with Crippen LogP contribution in [0.3, 0.4) is 0 Å². The van der Waals surface area contributed by atoms with E-state index in [1.54, 1.807) is 6.07 Å². The minimum atomic E-state index is -0.961. The number of rotatable bonds is 5. The highest BCUT2D eigenvalue weighted by atomic mass is 35.5. The summed E-state index contributed by atoms with van der Waals surface area (Å²) in [6.45, 7) is 2.13. The molecule has 0 aromatic heterocycles. The minimum absolute atomic E-state index is 0.200. The number of hydrogen-bond donors (Lipinski definition) is 1. The number of aryl methyl sites for hydroxylation is 1. The number of carboxylic acids is 1. The molecule has 0 spiro atoms. The van der Waals surface area contributed by atoms with Crippen LogP contribution >= 0.6 is 11.6 Å². The Morgan fingerprint density at radius 3 is 2.73 bits per heavy atom. The molecule has 82 valence electrons. The summed E-state index contributed by atoms with van der Waals surface area (Å²) in [5, 5.41) is 9.27. The van der Waals surface area contributed by atoms with Crippen molar-refractivity contribution in [2.75, 3.05) is 0 Å². The Morgan fingerprint density at radius 2 is 2.13 bits per heavy atom. The SMILES string of the molecule is CCCCCc1cccc(C(=O)O)c1Cl. The Kier molecular flexibility index (Phi) is 4.63. The van der Waals surface area contributed by atoms with E-state index >= 15 is 0 Å². The normalized spacial score (nSPS) is 10.3. The van der Waals surface area contributed by atoms with Gasteiger partial charge in [-0.25, -0.2) is 4.79 Å². The lowest BCUT2D eigenvalue weighted by Gasteiger charge is -2.06. The van der Waals surface area contributed by atoms with E-state index in [1.807, 2.05) is 6.07 Å². The van der Waals surface area contributed by atoms with Crippen molar-refractivity contribution >= 4 is 17.6 Å². The van der Waals surface area contributed by atoms with Gasteiger partial charge in [0.1, 0.15) is 0 Å². The third-order valence-electron chi connectivity index (χ3n) is 2.36. The summed E-state index contributed by atoms with van der Waals surface area (Å²) >= 11 is 6.00. The van der Waals surface area contributed by atoms with Crippen LogP contribution in [0.4, 0.5) is 0 Å². The second-order valence-electron chi connectivity index (χ2n) is 3.54. The van der Waals surface area contributed by atoms with Gasteiger partial charge >= 0.3 is 5.97 Å². The van der Waals surface area contributed by atoms with Gasteiger partial charge in [0.15, 0.2) is 0 Å². The van der Waals surface area contributed by atoms with Gasteiger partial charge in [0, 0.05) is 0 Å². The third-order valence-corrected chi connectivity index (χ3v) is 2.81. The van der Waals surface area contributed by atoms with Gasteiger partial charge in [0.2, 0.25) is 0 Å². The van der Waals surface area contributed by atoms with Crippen LogP contribution in [-0.4, -0.2) is 11.1 Å². The van der Waals surface area contributed by atoms with Gasteiger partial charge in [0.25, 0.3) is 0 Å². The molecule has 1 N–H and O–H groups in total. The molecular formula is C12H15ClO2. The Bertz CT molecular complexity index is 347. The number of benzene rings is 1. The molecule has 0 bridgehead atoms. The number of carbonyl (C=O) groups is 1. The van der Waals surface area contributed by atoms with Gasteiger partial charge in [-0.05, 0) is 24.5 Å². The van der Waals surface area contributed by atoms with E-state index < -0.39 is 5.97 Å². The maximum atomic E-state index is 10.8. The predicted molar refractivity (Wildman–Crippen MR) is 61.6 cm³/mol. The van der Waals surface area contributed by atoms with Crippen molar-refractivity contribution < 1.29 is 9.90 Å². The van der Waals surface area contributed by atoms with Crippen LogP contribution in [0.1, 0.15) is 42.1 Å². The molecule has 1 aromatic rings. The average Bonchev–Trinajstić information content (AvgIpc) is 2.20. The zero-order valence-corrected chi connectivity index (χ0v) is 9.55. The Hall–Kier alpha value is -1.02. The van der Waals surface area contributed by atoms with Gasteiger partial charge in [-0.15, -0.1) is 0 Å². The van der Waals surface area contributed by atoms with Crippen LogP contribution in [0.15, 0.2) is 18.2 Å². The topological polar surface area (TPSA) is 37.3 Å². The maximum absolute atomic E-state index is 10.8. The largest absolute Gasteiger partial charge is 0.478 e. The second kappa shape index (κ2) is 5.76. The molecule has 3 heteroatoms. The maximum Gasteiger partial charge on any atom is 0.337 e. The molecule has 0 radical (unpaired) electrons. The molecule has 0 atom stereocenters. The number of hydrogen-bond acceptors (Lipinski definition) is 1. The minimum Gasteiger partial charge on any atom is -0.478 e. The summed E-state index contributed by atoms with van der Waals surface area (Å²) in [7, 11) is 0. The highest BCUT2D eigenvalue weighted by molar-refractivity contribution is 6.34. The summed E-state index contributed by atoms with van der Waals surface area (Å²) in [5.41, 5.74) is 1.13. The molecule has 0 fully saturated rings. The molecule has 0 saturated heterocycles. The summed E-state index contributed by atoms with van der Waals surface area (Å²) in [6, 6.07) is 5.18. The van der Waals surface area contributed by atoms with E-state index in [1.165, 1.54) is 6.07 Å². The molecular weight excluding hydrogens is 212 g/mol. The molecule has 1 aromatic carbocycles. The summed E-state index contributed by atoms with van der Waals surface area (Å²) in [4.78, 5) is 10.8. The fraction of sp³-hybridized carbons (Fsp3) is 0.417. The molecule has 0 aliphatic carbocycles. The van der Waals surface area contributed by atoms with Crippen LogP contribution in [-0.2, 0) is 6.42 Å². The number of unbranched alkanes of at least 4 members (excludes halogenated alkanes) is 2. The first-order valence-corrected chi connectivity index (χ1v) is 5.55. The second-order valence-corrected chi connectivity index (χ2v) is 3.92. The van der Waals surface area contributed by atoms with E-state index in [0.29, 0.717) is 5.02 Å². The molecule has 0 saturated carbocycles. The third kappa shape index (κ3) is 3.24. The quantitative estimate of drug-likeness (QED) is 0.776. The van der Waals surface area contributed by atoms with Gasteiger partial charge in [-0.1, -0.05) is 43.5 Å². The summed E-state index contributed by atoms with van der Waals surface area (Å²) in [6.07, 6.45) is 4.21. The Labute approximate surface area is 94.9 Å². The smallest absolute Gasteiger partial charge is 0.337 e. The van der Waals surface area contributed by atoms with Crippen LogP contribution in [0.2, 0.25) is 5.02 Å². The first-order valence-electron chi connectivity index (χ1n) is 5.17. The van der Waals surface area contributed by atoms with Gasteiger partial charge in [-0.2, -0.15) is 0 Å². The first kappa shape index (κ1) is 12.1. The molecule has 0 heterocycles. The molecule has 2 nitrogen and oxygen atoms in total. The lowest BCUT2D eigenvalue weighted by Crippen LogP contribution is -1.99. The summed E-state index contributed by atoms with van der Waals surface area (Å²) < 4.78 is 0. The van der Waals surface area contributed by atoms with E-state index in [0.717, 1.165) is 31.2 Å². The van der Waals surface area contributed by atoms with Crippen molar-refractivity contribution in [3.8, 4) is 0 Å². The van der Waals surface area contributed by atoms with Crippen LogP contribution in [0.25, 0.3) is 0 Å². The fourth-order valence-electron chi connectivity index (χ4n) is 1.50. The molecule has 0 unspecified atom stereocenters. The molecule has 15 heavy (non-hydrogen) atoms. The average molecular weight is 227 g/mol. The predicted octanol–water partition coefficient (Wildman–Crippen LogP) is 3.77. The lowest BCUT2D eigenvalue weighted by molar-refractivity contribution is 0.0697. The standard InChI is InChI=1S/C12H15ClO2/c1-2-3-4-6-9-7-5-8-10(11(9)13)12(14)15/h5,7-8H,2-4,6H2,1H3,(H,14,15). The number of carboxylic acid groups (broad SMARTS) is 1. The number of halogens is 1. The molecule has 1 rings (SSSR count). The highest BCUT2D eigenvalue weighted by Crippen LogP contribution is 2.22. The van der Waals surface area contributed by atoms with Crippen molar-refractivity contribution in [1.82, 2.24) is 0 Å². The zero-order valence-electron chi connectivity index (χ0n) is 8.79. The van der Waals surface area contributed by atoms with Crippen molar-refractivity contribution in [1.29, 1.82) is 0 Å². The van der Waals surface area contributed by atoms with Crippen molar-refractivity contribution in [2.24, 2.45) is 0 Å². The van der Waals surface area contributed by atoms with Crippen LogP contribution < -0.4 is 0 Å². The van der Waals surface area contributed by atoms with Crippen LogP contribution in [0.5, 0.6) is 0 Å². The lowest BCUT2D eigenvalue weighted by atomic mass is 10.0. The Balaban J connectivity index is 2.80. The van der Waals surface area contributed by atoms with Crippen molar-refractivity contribution in [3.05, 3.63) is 34.3 Å². The fourth-order valence-corrected chi connectivity index (χ4v) is 1.80. The van der Waals surface area contributed by atoms with E-state index in [9.17, 15) is 4.79 Å². The van der Waals surface area contributed by atoms with Crippen molar-refractivity contribution in [2.45, 2.75) is 32.6 Å². The van der Waals surface area contributed by atoms with E-state index in [2.05, 4.69) is 6.92 Å². The van der Waals surface area contributed by atoms with Gasteiger partial charge < -0.3 is 5.11 Å². The molecule has 0 aliphatic rings.